The van der Waals surface area contributed by atoms with Crippen molar-refractivity contribution in [1.29, 1.82) is 0 Å². The van der Waals surface area contributed by atoms with Crippen molar-refractivity contribution in [3.8, 4) is 11.1 Å². The summed E-state index contributed by atoms with van der Waals surface area (Å²) in [5.41, 5.74) is 2.63. The molecule has 9 heteroatoms. The summed E-state index contributed by atoms with van der Waals surface area (Å²) in [6.45, 7) is 4.34. The maximum Gasteiger partial charge on any atom is 0.313 e. The monoisotopic (exact) mass is 592 g/mol. The van der Waals surface area contributed by atoms with Crippen LogP contribution >= 0.6 is 11.8 Å². The molecule has 4 rings (SSSR count). The minimum atomic E-state index is -3.79. The maximum absolute atomic E-state index is 13.2. The van der Waals surface area contributed by atoms with Gasteiger partial charge in [-0.25, -0.2) is 8.42 Å². The number of β-amino-alcohol motifs (C(OH)–C–C–N with tert-alkyl or cyclic N) is 1. The standard InChI is InChI=1S/C32H36N2O5S2/c1-32(2,19-23-8-9-24-6-4-5-7-27(24)18-23)33-20-28(35)21-34(3)41(38,39)30-16-12-26(13-17-30)25-10-14-29(15-11-25)40-22-31(36)37/h4-18,28,33,35H,19-22H2,1-3H3,(H,36,37). The molecular weight excluding hydrogens is 556 g/mol. The zero-order valence-corrected chi connectivity index (χ0v) is 25.1. The van der Waals surface area contributed by atoms with Gasteiger partial charge < -0.3 is 15.5 Å². The molecule has 7 nitrogen and oxygen atoms in total. The van der Waals surface area contributed by atoms with Gasteiger partial charge in [0, 0.05) is 30.6 Å². The summed E-state index contributed by atoms with van der Waals surface area (Å²) in [7, 11) is -2.32. The van der Waals surface area contributed by atoms with Crippen molar-refractivity contribution in [2.24, 2.45) is 0 Å². The maximum atomic E-state index is 13.2. The Bertz CT molecular complexity index is 1590. The van der Waals surface area contributed by atoms with E-state index in [0.717, 1.165) is 22.4 Å². The van der Waals surface area contributed by atoms with Crippen LogP contribution < -0.4 is 5.32 Å². The molecule has 216 valence electrons. The molecule has 0 bridgehead atoms. The first-order valence-electron chi connectivity index (χ1n) is 13.4. The van der Waals surface area contributed by atoms with E-state index in [-0.39, 0.29) is 29.3 Å². The third-order valence-electron chi connectivity index (χ3n) is 6.86. The van der Waals surface area contributed by atoms with Gasteiger partial charge in [0.15, 0.2) is 0 Å². The van der Waals surface area contributed by atoms with Crippen LogP contribution in [0.5, 0.6) is 0 Å². The van der Waals surface area contributed by atoms with Gasteiger partial charge in [-0.15, -0.1) is 11.8 Å². The van der Waals surface area contributed by atoms with Gasteiger partial charge in [0.2, 0.25) is 10.0 Å². The molecule has 0 amide bonds. The molecule has 0 spiro atoms. The number of nitrogens with zero attached hydrogens (tertiary/aromatic N) is 1. The van der Waals surface area contributed by atoms with E-state index in [4.69, 9.17) is 5.11 Å². The molecule has 0 radical (unpaired) electrons. The second-order valence-corrected chi connectivity index (χ2v) is 13.9. The zero-order valence-electron chi connectivity index (χ0n) is 23.4. The van der Waals surface area contributed by atoms with Crippen LogP contribution in [0, 0.1) is 0 Å². The number of likely N-dealkylation sites (N-methyl/N-ethyl adjacent to an activating group) is 1. The molecule has 4 aromatic carbocycles. The van der Waals surface area contributed by atoms with Crippen LogP contribution in [0.2, 0.25) is 0 Å². The van der Waals surface area contributed by atoms with Gasteiger partial charge in [-0.3, -0.25) is 4.79 Å². The number of carboxylic acids is 1. The van der Waals surface area contributed by atoms with Gasteiger partial charge in [-0.05, 0) is 72.0 Å². The predicted molar refractivity (Wildman–Crippen MR) is 166 cm³/mol. The summed E-state index contributed by atoms with van der Waals surface area (Å²) in [4.78, 5) is 11.8. The number of sulfonamides is 1. The van der Waals surface area contributed by atoms with Crippen molar-refractivity contribution in [3.63, 3.8) is 0 Å². The predicted octanol–water partition coefficient (Wildman–Crippen LogP) is 5.28. The second kappa shape index (κ2) is 13.2. The largest absolute Gasteiger partial charge is 0.481 e. The first-order valence-corrected chi connectivity index (χ1v) is 15.8. The number of hydrogen-bond donors (Lipinski definition) is 3. The number of aliphatic carboxylic acids is 1. The van der Waals surface area contributed by atoms with Crippen LogP contribution in [0.15, 0.2) is 101 Å². The topological polar surface area (TPSA) is 107 Å². The molecule has 0 fully saturated rings. The summed E-state index contributed by atoms with van der Waals surface area (Å²) in [5.74, 6) is -0.877. The highest BCUT2D eigenvalue weighted by Gasteiger charge is 2.25. The highest BCUT2D eigenvalue weighted by atomic mass is 32.2. The summed E-state index contributed by atoms with van der Waals surface area (Å²) < 4.78 is 27.5. The summed E-state index contributed by atoms with van der Waals surface area (Å²) >= 11 is 1.24. The lowest BCUT2D eigenvalue weighted by Gasteiger charge is -2.29. The van der Waals surface area contributed by atoms with E-state index in [1.54, 1.807) is 24.3 Å². The fraction of sp³-hybridized carbons (Fsp3) is 0.281. The minimum absolute atomic E-state index is 0.00668. The van der Waals surface area contributed by atoms with E-state index in [9.17, 15) is 18.3 Å². The molecule has 1 atom stereocenters. The first kappa shape index (κ1) is 30.7. The Hall–Kier alpha value is -3.21. The molecule has 0 aromatic heterocycles. The fourth-order valence-corrected chi connectivity index (χ4v) is 6.49. The lowest BCUT2D eigenvalue weighted by molar-refractivity contribution is -0.133. The normalized spacial score (nSPS) is 13.0. The van der Waals surface area contributed by atoms with Crippen molar-refractivity contribution in [1.82, 2.24) is 9.62 Å². The van der Waals surface area contributed by atoms with Crippen LogP contribution in [0.3, 0.4) is 0 Å². The van der Waals surface area contributed by atoms with Crippen LogP contribution in [-0.2, 0) is 21.2 Å². The molecule has 0 saturated heterocycles. The van der Waals surface area contributed by atoms with Gasteiger partial charge in [0.05, 0.1) is 16.8 Å². The lowest BCUT2D eigenvalue weighted by Crippen LogP contribution is -2.47. The van der Waals surface area contributed by atoms with Gasteiger partial charge >= 0.3 is 5.97 Å². The molecule has 0 aliphatic carbocycles. The Morgan fingerprint density at radius 2 is 1.54 bits per heavy atom. The number of nitrogens with one attached hydrogen (secondary N) is 1. The Labute approximate surface area is 246 Å². The number of carboxylic acid groups (broad SMARTS) is 1. The Morgan fingerprint density at radius 1 is 0.927 bits per heavy atom. The molecule has 3 N–H and O–H groups in total. The van der Waals surface area contributed by atoms with Crippen LogP contribution in [0.4, 0.5) is 0 Å². The third-order valence-corrected chi connectivity index (χ3v) is 9.69. The lowest BCUT2D eigenvalue weighted by atomic mass is 9.93. The Morgan fingerprint density at radius 3 is 2.17 bits per heavy atom. The highest BCUT2D eigenvalue weighted by Crippen LogP contribution is 2.26. The highest BCUT2D eigenvalue weighted by molar-refractivity contribution is 8.00. The van der Waals surface area contributed by atoms with Crippen molar-refractivity contribution in [3.05, 3.63) is 96.6 Å². The minimum Gasteiger partial charge on any atom is -0.481 e. The third kappa shape index (κ3) is 8.40. The summed E-state index contributed by atoms with van der Waals surface area (Å²) in [6, 6.07) is 28.7. The van der Waals surface area contributed by atoms with E-state index in [2.05, 4.69) is 49.5 Å². The SMILES string of the molecule is CN(CC(O)CNC(C)(C)Cc1ccc2ccccc2c1)S(=O)(=O)c1ccc(-c2ccc(SCC(=O)O)cc2)cc1. The molecule has 0 saturated carbocycles. The molecular formula is C32H36N2O5S2. The van der Waals surface area contributed by atoms with Crippen molar-refractivity contribution in [2.75, 3.05) is 25.9 Å². The molecule has 4 aromatic rings. The fourth-order valence-electron chi connectivity index (χ4n) is 4.66. The van der Waals surface area contributed by atoms with Crippen LogP contribution in [-0.4, -0.2) is 66.4 Å². The zero-order chi connectivity index (χ0) is 29.6. The van der Waals surface area contributed by atoms with Gasteiger partial charge in [-0.1, -0.05) is 66.7 Å². The Balaban J connectivity index is 1.31. The number of aliphatic hydroxyl groups is 1. The Kier molecular flexibility index (Phi) is 9.88. The van der Waals surface area contributed by atoms with E-state index in [1.807, 2.05) is 36.4 Å². The first-order chi connectivity index (χ1) is 19.4. The number of rotatable bonds is 13. The average Bonchev–Trinajstić information content (AvgIpc) is 2.95. The van der Waals surface area contributed by atoms with E-state index < -0.39 is 22.1 Å². The van der Waals surface area contributed by atoms with E-state index in [0.29, 0.717) is 0 Å². The molecule has 0 aliphatic heterocycles. The number of benzene rings is 4. The summed E-state index contributed by atoms with van der Waals surface area (Å²) in [6.07, 6.45) is -0.128. The number of carbonyl (C=O) groups is 1. The molecule has 0 heterocycles. The van der Waals surface area contributed by atoms with Crippen molar-refractivity contribution in [2.45, 2.75) is 41.7 Å². The van der Waals surface area contributed by atoms with Gasteiger partial charge in [0.1, 0.15) is 0 Å². The van der Waals surface area contributed by atoms with Crippen LogP contribution in [0.25, 0.3) is 21.9 Å². The summed E-state index contributed by atoms with van der Waals surface area (Å²) in [5, 5.41) is 25.3. The van der Waals surface area contributed by atoms with Crippen LogP contribution in [0.1, 0.15) is 19.4 Å². The van der Waals surface area contributed by atoms with E-state index >= 15 is 0 Å². The number of thioether (sulfide) groups is 1. The smallest absolute Gasteiger partial charge is 0.313 e. The quantitative estimate of drug-likeness (QED) is 0.182. The van der Waals surface area contributed by atoms with Gasteiger partial charge in [-0.2, -0.15) is 4.31 Å². The molecule has 1 unspecified atom stereocenters. The average molecular weight is 593 g/mol. The number of hydrogen-bond acceptors (Lipinski definition) is 6. The second-order valence-electron chi connectivity index (χ2n) is 10.8. The number of fused-ring (bicyclic) bond motifs is 1. The van der Waals surface area contributed by atoms with E-state index in [1.165, 1.54) is 39.5 Å². The molecule has 41 heavy (non-hydrogen) atoms. The van der Waals surface area contributed by atoms with Crippen molar-refractivity contribution >= 4 is 38.5 Å². The number of aliphatic hydroxyl groups excluding tert-OH is 1. The molecule has 0 aliphatic rings. The van der Waals surface area contributed by atoms with Crippen molar-refractivity contribution < 1.29 is 23.4 Å². The van der Waals surface area contributed by atoms with Gasteiger partial charge in [0.25, 0.3) is 0 Å².